The predicted octanol–water partition coefficient (Wildman–Crippen LogP) is 3.14. The summed E-state index contributed by atoms with van der Waals surface area (Å²) in [6.07, 6.45) is 2.83. The van der Waals surface area contributed by atoms with Gasteiger partial charge in [-0.15, -0.1) is 0 Å². The Bertz CT molecular complexity index is 1520. The van der Waals surface area contributed by atoms with Crippen LogP contribution in [0.5, 0.6) is 0 Å². The number of nitro groups is 1. The Morgan fingerprint density at radius 3 is 2.74 bits per heavy atom. The molecule has 0 aliphatic carbocycles. The fourth-order valence-electron chi connectivity index (χ4n) is 4.27. The quantitative estimate of drug-likeness (QED) is 0.309. The molecule has 174 valence electrons. The Kier molecular flexibility index (Phi) is 5.76. The standard InChI is InChI=1S/C23H20ClN5O5/c24-18-8-1-2-9-19(18)28-21-20(22(30)27(23(28)31)13-17-7-4-10-34-17)26(14-25-21)12-15-5-3-6-16(11-15)29(32)33/h1-3,5-6,8-9,11,14,17H,4,7,10,12-13H2/t17-/m0/s1. The first-order valence-electron chi connectivity index (χ1n) is 10.7. The monoisotopic (exact) mass is 481 g/mol. The number of hydrogen-bond acceptors (Lipinski definition) is 6. The number of fused-ring (bicyclic) bond motifs is 1. The first-order valence-corrected chi connectivity index (χ1v) is 11.1. The summed E-state index contributed by atoms with van der Waals surface area (Å²) < 4.78 is 9.76. The van der Waals surface area contributed by atoms with E-state index in [1.165, 1.54) is 23.0 Å². The number of ether oxygens (including phenoxy) is 1. The normalized spacial score (nSPS) is 15.7. The van der Waals surface area contributed by atoms with E-state index in [1.54, 1.807) is 41.0 Å². The van der Waals surface area contributed by atoms with Crippen LogP contribution in [-0.2, 0) is 17.8 Å². The van der Waals surface area contributed by atoms with Crippen molar-refractivity contribution in [2.24, 2.45) is 0 Å². The SMILES string of the molecule is O=c1c2c(ncn2Cc2cccc([N+](=O)[O-])c2)n(-c2ccccc2Cl)c(=O)n1C[C@@H]1CCCO1. The third-order valence-corrected chi connectivity index (χ3v) is 6.20. The Balaban J connectivity index is 1.72. The molecule has 2 aromatic carbocycles. The molecule has 0 unspecified atom stereocenters. The van der Waals surface area contributed by atoms with Crippen LogP contribution < -0.4 is 11.2 Å². The molecule has 34 heavy (non-hydrogen) atoms. The second-order valence-electron chi connectivity index (χ2n) is 8.09. The molecule has 3 heterocycles. The number of halogens is 1. The van der Waals surface area contributed by atoms with Crippen molar-refractivity contribution < 1.29 is 9.66 Å². The Morgan fingerprint density at radius 1 is 1.18 bits per heavy atom. The smallest absolute Gasteiger partial charge is 0.337 e. The molecule has 2 aromatic heterocycles. The molecule has 0 spiro atoms. The van der Waals surface area contributed by atoms with Crippen molar-refractivity contribution in [2.75, 3.05) is 6.61 Å². The number of rotatable bonds is 6. The van der Waals surface area contributed by atoms with E-state index in [0.717, 1.165) is 17.4 Å². The van der Waals surface area contributed by atoms with E-state index in [1.807, 2.05) is 0 Å². The minimum Gasteiger partial charge on any atom is -0.376 e. The van der Waals surface area contributed by atoms with Gasteiger partial charge in [-0.3, -0.25) is 19.5 Å². The minimum absolute atomic E-state index is 0.0503. The summed E-state index contributed by atoms with van der Waals surface area (Å²) in [6, 6.07) is 13.0. The van der Waals surface area contributed by atoms with Crippen LogP contribution in [0.4, 0.5) is 5.69 Å². The lowest BCUT2D eigenvalue weighted by Crippen LogP contribution is -2.42. The first-order chi connectivity index (χ1) is 16.4. The van der Waals surface area contributed by atoms with Gasteiger partial charge in [0, 0.05) is 25.3 Å². The van der Waals surface area contributed by atoms with Crippen molar-refractivity contribution in [2.45, 2.75) is 32.0 Å². The third kappa shape index (κ3) is 3.91. The maximum Gasteiger partial charge on any atom is 0.337 e. The van der Waals surface area contributed by atoms with Crippen LogP contribution >= 0.6 is 11.6 Å². The van der Waals surface area contributed by atoms with Gasteiger partial charge < -0.3 is 9.30 Å². The lowest BCUT2D eigenvalue weighted by Gasteiger charge is -2.16. The Labute approximate surface area is 197 Å². The summed E-state index contributed by atoms with van der Waals surface area (Å²) in [5, 5.41) is 11.5. The van der Waals surface area contributed by atoms with Crippen LogP contribution in [-0.4, -0.2) is 36.3 Å². The van der Waals surface area contributed by atoms with Gasteiger partial charge >= 0.3 is 5.69 Å². The van der Waals surface area contributed by atoms with E-state index < -0.39 is 16.2 Å². The van der Waals surface area contributed by atoms with E-state index in [0.29, 0.717) is 22.9 Å². The lowest BCUT2D eigenvalue weighted by molar-refractivity contribution is -0.384. The number of nitrogens with zero attached hydrogens (tertiary/aromatic N) is 5. The van der Waals surface area contributed by atoms with Gasteiger partial charge in [-0.25, -0.2) is 14.3 Å². The number of imidazole rings is 1. The highest BCUT2D eigenvalue weighted by Gasteiger charge is 2.24. The third-order valence-electron chi connectivity index (χ3n) is 5.88. The van der Waals surface area contributed by atoms with Gasteiger partial charge in [0.2, 0.25) is 0 Å². The highest BCUT2D eigenvalue weighted by molar-refractivity contribution is 6.32. The van der Waals surface area contributed by atoms with E-state index in [9.17, 15) is 19.7 Å². The molecule has 0 amide bonds. The molecule has 0 radical (unpaired) electrons. The molecule has 5 rings (SSSR count). The van der Waals surface area contributed by atoms with Crippen LogP contribution in [0.1, 0.15) is 18.4 Å². The molecule has 1 saturated heterocycles. The van der Waals surface area contributed by atoms with Crippen LogP contribution in [0, 0.1) is 10.1 Å². The van der Waals surface area contributed by atoms with Crippen molar-refractivity contribution >= 4 is 28.5 Å². The van der Waals surface area contributed by atoms with Gasteiger partial charge in [-0.1, -0.05) is 35.9 Å². The summed E-state index contributed by atoms with van der Waals surface area (Å²) in [6.45, 7) is 0.860. The summed E-state index contributed by atoms with van der Waals surface area (Å²) in [4.78, 5) is 42.1. The molecular formula is C23H20ClN5O5. The maximum absolute atomic E-state index is 13.5. The van der Waals surface area contributed by atoms with Crippen LogP contribution in [0.15, 0.2) is 64.4 Å². The van der Waals surface area contributed by atoms with Gasteiger partial charge in [0.05, 0.1) is 34.6 Å². The summed E-state index contributed by atoms with van der Waals surface area (Å²) in [5.41, 5.74) is 0.283. The molecule has 1 aliphatic heterocycles. The van der Waals surface area contributed by atoms with Gasteiger partial charge in [-0.05, 0) is 30.5 Å². The van der Waals surface area contributed by atoms with Gasteiger partial charge in [0.1, 0.15) is 0 Å². The molecule has 4 aromatic rings. The number of aromatic nitrogens is 4. The molecule has 11 heteroatoms. The van der Waals surface area contributed by atoms with Crippen molar-refractivity contribution in [1.29, 1.82) is 0 Å². The predicted molar refractivity (Wildman–Crippen MR) is 126 cm³/mol. The second-order valence-corrected chi connectivity index (χ2v) is 8.50. The number of para-hydroxylation sites is 1. The van der Waals surface area contributed by atoms with Crippen LogP contribution in [0.2, 0.25) is 5.02 Å². The number of benzene rings is 2. The van der Waals surface area contributed by atoms with Gasteiger partial charge in [0.15, 0.2) is 11.2 Å². The van der Waals surface area contributed by atoms with Gasteiger partial charge in [-0.2, -0.15) is 0 Å². The highest BCUT2D eigenvalue weighted by Crippen LogP contribution is 2.22. The van der Waals surface area contributed by atoms with Gasteiger partial charge in [0.25, 0.3) is 11.2 Å². The number of nitro benzene ring substituents is 1. The zero-order valence-corrected chi connectivity index (χ0v) is 18.7. The average molecular weight is 482 g/mol. The van der Waals surface area contributed by atoms with E-state index in [-0.39, 0.29) is 36.0 Å². The average Bonchev–Trinajstić information content (AvgIpc) is 3.48. The fourth-order valence-corrected chi connectivity index (χ4v) is 4.49. The van der Waals surface area contributed by atoms with Crippen LogP contribution in [0.25, 0.3) is 16.9 Å². The highest BCUT2D eigenvalue weighted by atomic mass is 35.5. The molecule has 0 saturated carbocycles. The molecular weight excluding hydrogens is 462 g/mol. The largest absolute Gasteiger partial charge is 0.376 e. The molecule has 10 nitrogen and oxygen atoms in total. The first kappa shape index (κ1) is 22.1. The molecule has 1 atom stereocenters. The lowest BCUT2D eigenvalue weighted by atomic mass is 10.2. The second kappa shape index (κ2) is 8.88. The summed E-state index contributed by atoms with van der Waals surface area (Å²) >= 11 is 6.41. The zero-order valence-electron chi connectivity index (χ0n) is 18.0. The summed E-state index contributed by atoms with van der Waals surface area (Å²) in [5.74, 6) is 0. The Hall–Kier alpha value is -3.76. The molecule has 0 bridgehead atoms. The molecule has 1 fully saturated rings. The minimum atomic E-state index is -0.554. The topological polar surface area (TPSA) is 114 Å². The summed E-state index contributed by atoms with van der Waals surface area (Å²) in [7, 11) is 0. The van der Waals surface area contributed by atoms with Crippen molar-refractivity contribution in [3.05, 3.63) is 96.4 Å². The van der Waals surface area contributed by atoms with Crippen molar-refractivity contribution in [1.82, 2.24) is 18.7 Å². The number of non-ortho nitro benzene ring substituents is 1. The number of hydrogen-bond donors (Lipinski definition) is 0. The Morgan fingerprint density at radius 2 is 2.00 bits per heavy atom. The van der Waals surface area contributed by atoms with E-state index in [2.05, 4.69) is 4.98 Å². The van der Waals surface area contributed by atoms with Crippen molar-refractivity contribution in [3.63, 3.8) is 0 Å². The molecule has 1 aliphatic rings. The maximum atomic E-state index is 13.5. The van der Waals surface area contributed by atoms with Crippen LogP contribution in [0.3, 0.4) is 0 Å². The zero-order chi connectivity index (χ0) is 23.8. The fraction of sp³-hybridized carbons (Fsp3) is 0.261. The van der Waals surface area contributed by atoms with E-state index >= 15 is 0 Å². The van der Waals surface area contributed by atoms with Crippen molar-refractivity contribution in [3.8, 4) is 5.69 Å². The van der Waals surface area contributed by atoms with E-state index in [4.69, 9.17) is 16.3 Å². The molecule has 0 N–H and O–H groups in total.